The van der Waals surface area contributed by atoms with E-state index in [2.05, 4.69) is 0 Å². The van der Waals surface area contributed by atoms with E-state index in [1.54, 1.807) is 0 Å². The van der Waals surface area contributed by atoms with E-state index < -0.39 is 5.82 Å². The summed E-state index contributed by atoms with van der Waals surface area (Å²) < 4.78 is 24.0. The van der Waals surface area contributed by atoms with Crippen LogP contribution in [0.3, 0.4) is 0 Å². The van der Waals surface area contributed by atoms with Gasteiger partial charge in [0.25, 0.3) is 0 Å². The van der Waals surface area contributed by atoms with E-state index in [-0.39, 0.29) is 12.4 Å². The van der Waals surface area contributed by atoms with Crippen molar-refractivity contribution in [3.05, 3.63) is 29.1 Å². The average Bonchev–Trinajstić information content (AvgIpc) is 2.35. The van der Waals surface area contributed by atoms with Crippen LogP contribution < -0.4 is 9.47 Å². The molecule has 0 spiro atoms. The van der Waals surface area contributed by atoms with Crippen LogP contribution in [0.2, 0.25) is 0 Å². The topological polar surface area (TPSA) is 42.2 Å². The number of halogens is 1. The molecule has 1 aromatic rings. The van der Waals surface area contributed by atoms with E-state index in [0.29, 0.717) is 5.75 Å². The summed E-state index contributed by atoms with van der Waals surface area (Å²) in [4.78, 5) is 0. The summed E-state index contributed by atoms with van der Waals surface area (Å²) in [6.45, 7) is -0.115. The van der Waals surface area contributed by atoms with Crippen molar-refractivity contribution in [2.24, 2.45) is 0 Å². The molecule has 0 aliphatic heterocycles. The Bertz CT molecular complexity index is 503. The zero-order valence-electron chi connectivity index (χ0n) is 9.50. The van der Waals surface area contributed by atoms with Crippen molar-refractivity contribution in [3.63, 3.8) is 0 Å². The Morgan fingerprint density at radius 3 is 3.00 bits per heavy atom. The molecule has 4 heteroatoms. The fraction of sp³-hybridized carbons (Fsp3) is 0.308. The van der Waals surface area contributed by atoms with E-state index in [0.717, 1.165) is 24.0 Å². The number of benzene rings is 1. The van der Waals surface area contributed by atoms with Crippen LogP contribution >= 0.6 is 0 Å². The van der Waals surface area contributed by atoms with Crippen LogP contribution in [0.1, 0.15) is 17.5 Å². The molecule has 0 saturated carbocycles. The Labute approximate surface area is 99.1 Å². The molecule has 0 radical (unpaired) electrons. The number of hydrogen-bond donors (Lipinski definition) is 0. The van der Waals surface area contributed by atoms with Crippen molar-refractivity contribution in [2.75, 3.05) is 13.7 Å². The summed E-state index contributed by atoms with van der Waals surface area (Å²) >= 11 is 0. The monoisotopic (exact) mass is 233 g/mol. The molecular formula is C13H12FNO2. The minimum atomic E-state index is -0.467. The molecule has 0 heterocycles. The quantitative estimate of drug-likeness (QED) is 0.806. The zero-order valence-corrected chi connectivity index (χ0v) is 9.50. The molecular weight excluding hydrogens is 221 g/mol. The predicted octanol–water partition coefficient (Wildman–Crippen LogP) is 2.70. The summed E-state index contributed by atoms with van der Waals surface area (Å²) in [7, 11) is 1.39. The van der Waals surface area contributed by atoms with Gasteiger partial charge in [-0.2, -0.15) is 5.26 Å². The third-order valence-electron chi connectivity index (χ3n) is 2.67. The number of ether oxygens (including phenoxy) is 2. The number of allylic oxidation sites excluding steroid dienone is 1. The predicted molar refractivity (Wildman–Crippen MR) is 61.4 cm³/mol. The van der Waals surface area contributed by atoms with Gasteiger partial charge in [-0.15, -0.1) is 0 Å². The molecule has 17 heavy (non-hydrogen) atoms. The Morgan fingerprint density at radius 2 is 2.29 bits per heavy atom. The van der Waals surface area contributed by atoms with Gasteiger partial charge >= 0.3 is 0 Å². The van der Waals surface area contributed by atoms with Gasteiger partial charge in [0.1, 0.15) is 6.07 Å². The summed E-state index contributed by atoms with van der Waals surface area (Å²) in [5.41, 5.74) is 1.70. The van der Waals surface area contributed by atoms with Gasteiger partial charge in [-0.1, -0.05) is 12.2 Å². The number of rotatable bonds is 3. The molecule has 0 unspecified atom stereocenters. The number of methoxy groups -OCH3 is 1. The molecule has 1 aliphatic rings. The first kappa shape index (κ1) is 11.5. The van der Waals surface area contributed by atoms with Crippen molar-refractivity contribution in [2.45, 2.75) is 12.8 Å². The molecule has 0 bridgehead atoms. The molecule has 2 rings (SSSR count). The SMILES string of the molecule is COc1c(F)cc2c(c1OCC#N)CCC=C2. The molecule has 0 atom stereocenters. The second-order valence-corrected chi connectivity index (χ2v) is 3.68. The first-order valence-corrected chi connectivity index (χ1v) is 5.33. The standard InChI is InChI=1S/C13H12FNO2/c1-16-13-11(14)8-9-4-2-3-5-10(9)12(13)17-7-6-15/h2,4,8H,3,5,7H2,1H3. The lowest BCUT2D eigenvalue weighted by molar-refractivity contribution is 0.314. The maximum atomic E-state index is 13.7. The Hall–Kier alpha value is -2.02. The molecule has 0 saturated heterocycles. The Balaban J connectivity index is 2.54. The van der Waals surface area contributed by atoms with Gasteiger partial charge in [0.05, 0.1) is 7.11 Å². The van der Waals surface area contributed by atoms with Crippen LogP contribution in [0.4, 0.5) is 4.39 Å². The Morgan fingerprint density at radius 1 is 1.47 bits per heavy atom. The summed E-state index contributed by atoms with van der Waals surface area (Å²) in [6.07, 6.45) is 5.50. The molecule has 88 valence electrons. The molecule has 0 amide bonds. The highest BCUT2D eigenvalue weighted by atomic mass is 19.1. The van der Waals surface area contributed by atoms with Gasteiger partial charge < -0.3 is 9.47 Å². The fourth-order valence-corrected chi connectivity index (χ4v) is 1.96. The number of nitriles is 1. The largest absolute Gasteiger partial charge is 0.490 e. The highest BCUT2D eigenvalue weighted by molar-refractivity contribution is 5.64. The van der Waals surface area contributed by atoms with E-state index in [9.17, 15) is 4.39 Å². The minimum Gasteiger partial charge on any atom is -0.490 e. The maximum Gasteiger partial charge on any atom is 0.197 e. The first-order chi connectivity index (χ1) is 8.27. The second kappa shape index (κ2) is 4.88. The smallest absolute Gasteiger partial charge is 0.197 e. The summed E-state index contributed by atoms with van der Waals surface area (Å²) in [5, 5.41) is 8.54. The molecule has 0 fully saturated rings. The van der Waals surface area contributed by atoms with Gasteiger partial charge in [-0.3, -0.25) is 0 Å². The summed E-state index contributed by atoms with van der Waals surface area (Å²) in [5.74, 6) is -0.0339. The van der Waals surface area contributed by atoms with E-state index in [1.165, 1.54) is 13.2 Å². The normalized spacial score (nSPS) is 12.8. The third-order valence-corrected chi connectivity index (χ3v) is 2.67. The Kier molecular flexibility index (Phi) is 3.29. The molecule has 1 aliphatic carbocycles. The van der Waals surface area contributed by atoms with Gasteiger partial charge in [0, 0.05) is 5.56 Å². The van der Waals surface area contributed by atoms with Crippen LogP contribution in [0, 0.1) is 17.1 Å². The van der Waals surface area contributed by atoms with Gasteiger partial charge in [-0.25, -0.2) is 4.39 Å². The van der Waals surface area contributed by atoms with Crippen LogP contribution in [-0.2, 0) is 6.42 Å². The number of hydrogen-bond acceptors (Lipinski definition) is 3. The van der Waals surface area contributed by atoms with Gasteiger partial charge in [0.2, 0.25) is 0 Å². The highest BCUT2D eigenvalue weighted by Crippen LogP contribution is 2.39. The van der Waals surface area contributed by atoms with Crippen molar-refractivity contribution in [3.8, 4) is 17.6 Å². The van der Waals surface area contributed by atoms with Crippen molar-refractivity contribution in [1.29, 1.82) is 5.26 Å². The van der Waals surface area contributed by atoms with Crippen molar-refractivity contribution in [1.82, 2.24) is 0 Å². The van der Waals surface area contributed by atoms with Gasteiger partial charge in [0.15, 0.2) is 23.9 Å². The van der Waals surface area contributed by atoms with E-state index in [4.69, 9.17) is 14.7 Å². The summed E-state index contributed by atoms with van der Waals surface area (Å²) in [6, 6.07) is 3.31. The van der Waals surface area contributed by atoms with E-state index >= 15 is 0 Å². The van der Waals surface area contributed by atoms with Crippen LogP contribution in [0.5, 0.6) is 11.5 Å². The first-order valence-electron chi connectivity index (χ1n) is 5.33. The third kappa shape index (κ3) is 2.09. The van der Waals surface area contributed by atoms with Crippen molar-refractivity contribution >= 4 is 6.08 Å². The lowest BCUT2D eigenvalue weighted by Gasteiger charge is -2.18. The fourth-order valence-electron chi connectivity index (χ4n) is 1.96. The highest BCUT2D eigenvalue weighted by Gasteiger charge is 2.20. The van der Waals surface area contributed by atoms with E-state index in [1.807, 2.05) is 18.2 Å². The van der Waals surface area contributed by atoms with Crippen LogP contribution in [0.25, 0.3) is 6.08 Å². The number of fused-ring (bicyclic) bond motifs is 1. The van der Waals surface area contributed by atoms with Crippen molar-refractivity contribution < 1.29 is 13.9 Å². The van der Waals surface area contributed by atoms with Crippen LogP contribution in [0.15, 0.2) is 12.1 Å². The lowest BCUT2D eigenvalue weighted by Crippen LogP contribution is -2.06. The number of nitrogens with zero attached hydrogens (tertiary/aromatic N) is 1. The van der Waals surface area contributed by atoms with Crippen LogP contribution in [-0.4, -0.2) is 13.7 Å². The molecule has 0 aromatic heterocycles. The lowest BCUT2D eigenvalue weighted by atomic mass is 9.96. The van der Waals surface area contributed by atoms with Gasteiger partial charge in [-0.05, 0) is 24.5 Å². The minimum absolute atomic E-state index is 0.0781. The molecule has 0 N–H and O–H groups in total. The maximum absolute atomic E-state index is 13.7. The molecule has 1 aromatic carbocycles. The average molecular weight is 233 g/mol. The second-order valence-electron chi connectivity index (χ2n) is 3.68. The zero-order chi connectivity index (χ0) is 12.3. The molecule has 3 nitrogen and oxygen atoms in total.